The van der Waals surface area contributed by atoms with Crippen LogP contribution in [0.3, 0.4) is 0 Å². The van der Waals surface area contributed by atoms with E-state index in [2.05, 4.69) is 11.8 Å². The maximum Gasteiger partial charge on any atom is 0.297 e. The van der Waals surface area contributed by atoms with Crippen LogP contribution in [-0.4, -0.2) is 38.1 Å². The zero-order chi connectivity index (χ0) is 15.0. The number of rotatable bonds is 4. The minimum atomic E-state index is -3.62. The molecule has 2 aliphatic rings. The first-order valence-electron chi connectivity index (χ1n) is 7.71. The van der Waals surface area contributed by atoms with Crippen molar-refractivity contribution in [3.05, 3.63) is 29.8 Å². The summed E-state index contributed by atoms with van der Waals surface area (Å²) in [6.07, 6.45) is 4.01. The van der Waals surface area contributed by atoms with Crippen molar-refractivity contribution in [1.82, 2.24) is 4.90 Å². The predicted octanol–water partition coefficient (Wildman–Crippen LogP) is 2.72. The Morgan fingerprint density at radius 3 is 2.43 bits per heavy atom. The second-order valence-electron chi connectivity index (χ2n) is 6.34. The van der Waals surface area contributed by atoms with Crippen LogP contribution in [0.5, 0.6) is 0 Å². The standard InChI is InChI=1S/C16H23NO3S/c1-12-5-7-16(8-6-12)21(18,19)20-15-10-14(11-15)17-9-3-4-13(17)2/h5-8,13-15H,3-4,9-11H2,1-2H3/t13?,14-,15+. The van der Waals surface area contributed by atoms with Crippen LogP contribution in [0.15, 0.2) is 29.2 Å². The molecule has 2 fully saturated rings. The summed E-state index contributed by atoms with van der Waals surface area (Å²) in [5.74, 6) is 0. The number of hydrogen-bond acceptors (Lipinski definition) is 4. The van der Waals surface area contributed by atoms with Gasteiger partial charge in [0.1, 0.15) is 0 Å². The molecule has 1 aliphatic heterocycles. The highest BCUT2D eigenvalue weighted by molar-refractivity contribution is 7.86. The highest BCUT2D eigenvalue weighted by atomic mass is 32.2. The SMILES string of the molecule is Cc1ccc(S(=O)(=O)O[C@H]2C[C@@H](N3CCCC3C)C2)cc1. The molecular weight excluding hydrogens is 286 g/mol. The fourth-order valence-corrected chi connectivity index (χ4v) is 4.42. The molecule has 1 aliphatic carbocycles. The third kappa shape index (κ3) is 3.15. The monoisotopic (exact) mass is 309 g/mol. The highest BCUT2D eigenvalue weighted by Crippen LogP contribution is 2.34. The Labute approximate surface area is 127 Å². The normalized spacial score (nSPS) is 30.3. The maximum absolute atomic E-state index is 12.2. The van der Waals surface area contributed by atoms with E-state index in [1.54, 1.807) is 24.3 Å². The van der Waals surface area contributed by atoms with E-state index in [1.807, 2.05) is 6.92 Å². The van der Waals surface area contributed by atoms with Gasteiger partial charge in [-0.05, 0) is 58.2 Å². The number of nitrogens with zero attached hydrogens (tertiary/aromatic N) is 1. The Morgan fingerprint density at radius 1 is 1.19 bits per heavy atom. The van der Waals surface area contributed by atoms with Crippen LogP contribution in [0.2, 0.25) is 0 Å². The second-order valence-corrected chi connectivity index (χ2v) is 7.91. The van der Waals surface area contributed by atoms with Gasteiger partial charge in [0.25, 0.3) is 10.1 Å². The molecule has 0 amide bonds. The molecule has 0 bridgehead atoms. The molecule has 1 aromatic carbocycles. The van der Waals surface area contributed by atoms with Crippen LogP contribution in [0.4, 0.5) is 0 Å². The van der Waals surface area contributed by atoms with Gasteiger partial charge >= 0.3 is 0 Å². The van der Waals surface area contributed by atoms with Gasteiger partial charge in [-0.1, -0.05) is 17.7 Å². The van der Waals surface area contributed by atoms with Gasteiger partial charge in [0.15, 0.2) is 0 Å². The van der Waals surface area contributed by atoms with Gasteiger partial charge in [-0.2, -0.15) is 8.42 Å². The third-order valence-corrected chi connectivity index (χ3v) is 6.09. The van der Waals surface area contributed by atoms with Gasteiger partial charge in [-0.3, -0.25) is 9.08 Å². The van der Waals surface area contributed by atoms with E-state index in [4.69, 9.17) is 4.18 Å². The molecule has 0 aromatic heterocycles. The minimum Gasteiger partial charge on any atom is -0.298 e. The summed E-state index contributed by atoms with van der Waals surface area (Å²) in [7, 11) is -3.62. The van der Waals surface area contributed by atoms with Gasteiger partial charge in [0.05, 0.1) is 11.0 Å². The summed E-state index contributed by atoms with van der Waals surface area (Å²) in [6.45, 7) is 5.33. The lowest BCUT2D eigenvalue weighted by Crippen LogP contribution is -2.49. The first-order chi connectivity index (χ1) is 9.95. The van der Waals surface area contributed by atoms with Crippen LogP contribution in [0, 0.1) is 6.92 Å². The largest absolute Gasteiger partial charge is 0.298 e. The van der Waals surface area contributed by atoms with Gasteiger partial charge in [0.2, 0.25) is 0 Å². The topological polar surface area (TPSA) is 46.6 Å². The maximum atomic E-state index is 12.2. The molecule has 21 heavy (non-hydrogen) atoms. The fraction of sp³-hybridized carbons (Fsp3) is 0.625. The van der Waals surface area contributed by atoms with E-state index in [9.17, 15) is 8.42 Å². The summed E-state index contributed by atoms with van der Waals surface area (Å²) in [5.41, 5.74) is 1.04. The van der Waals surface area contributed by atoms with Gasteiger partial charge in [-0.25, -0.2) is 0 Å². The highest BCUT2D eigenvalue weighted by Gasteiger charge is 2.40. The molecule has 1 heterocycles. The van der Waals surface area contributed by atoms with Crippen LogP contribution < -0.4 is 0 Å². The lowest BCUT2D eigenvalue weighted by Gasteiger charge is -2.42. The Morgan fingerprint density at radius 2 is 1.86 bits per heavy atom. The van der Waals surface area contributed by atoms with E-state index < -0.39 is 10.1 Å². The number of hydrogen-bond donors (Lipinski definition) is 0. The average molecular weight is 309 g/mol. The van der Waals surface area contributed by atoms with Crippen LogP contribution >= 0.6 is 0 Å². The van der Waals surface area contributed by atoms with Crippen LogP contribution in [-0.2, 0) is 14.3 Å². The van der Waals surface area contributed by atoms with Gasteiger partial charge in [-0.15, -0.1) is 0 Å². The van der Waals surface area contributed by atoms with Gasteiger partial charge in [0, 0.05) is 12.1 Å². The molecule has 1 unspecified atom stereocenters. The number of benzene rings is 1. The van der Waals surface area contributed by atoms with Crippen molar-refractivity contribution in [2.75, 3.05) is 6.54 Å². The van der Waals surface area contributed by atoms with Crippen LogP contribution in [0.25, 0.3) is 0 Å². The fourth-order valence-electron chi connectivity index (χ4n) is 3.32. The Kier molecular flexibility index (Phi) is 4.08. The average Bonchev–Trinajstić information content (AvgIpc) is 2.80. The molecule has 0 spiro atoms. The Hall–Kier alpha value is -0.910. The molecule has 1 atom stereocenters. The smallest absolute Gasteiger partial charge is 0.297 e. The van der Waals surface area contributed by atoms with Crippen molar-refractivity contribution in [2.24, 2.45) is 0 Å². The quantitative estimate of drug-likeness (QED) is 0.802. The first-order valence-corrected chi connectivity index (χ1v) is 9.12. The summed E-state index contributed by atoms with van der Waals surface area (Å²) < 4.78 is 29.8. The molecule has 1 saturated heterocycles. The summed E-state index contributed by atoms with van der Waals surface area (Å²) in [4.78, 5) is 2.75. The van der Waals surface area contributed by atoms with Crippen molar-refractivity contribution in [2.45, 2.75) is 62.6 Å². The van der Waals surface area contributed by atoms with Crippen LogP contribution in [0.1, 0.15) is 38.2 Å². The number of aryl methyl sites for hydroxylation is 1. The molecular formula is C16H23NO3S. The van der Waals surface area contributed by atoms with Crippen molar-refractivity contribution < 1.29 is 12.6 Å². The molecule has 0 N–H and O–H groups in total. The molecule has 1 saturated carbocycles. The van der Waals surface area contributed by atoms with Crippen molar-refractivity contribution >= 4 is 10.1 Å². The zero-order valence-corrected chi connectivity index (χ0v) is 13.5. The summed E-state index contributed by atoms with van der Waals surface area (Å²) in [6, 6.07) is 7.95. The molecule has 4 nitrogen and oxygen atoms in total. The Bertz CT molecular complexity index is 590. The summed E-state index contributed by atoms with van der Waals surface area (Å²) >= 11 is 0. The zero-order valence-electron chi connectivity index (χ0n) is 12.7. The van der Waals surface area contributed by atoms with E-state index >= 15 is 0 Å². The predicted molar refractivity (Wildman–Crippen MR) is 81.7 cm³/mol. The lowest BCUT2D eigenvalue weighted by molar-refractivity contribution is 0.0179. The molecule has 116 valence electrons. The third-order valence-electron chi connectivity index (χ3n) is 4.72. The van der Waals surface area contributed by atoms with Crippen molar-refractivity contribution in [3.8, 4) is 0 Å². The molecule has 1 aromatic rings. The van der Waals surface area contributed by atoms with E-state index in [0.29, 0.717) is 12.1 Å². The Balaban J connectivity index is 1.57. The minimum absolute atomic E-state index is 0.158. The van der Waals surface area contributed by atoms with E-state index in [-0.39, 0.29) is 11.0 Å². The van der Waals surface area contributed by atoms with Gasteiger partial charge < -0.3 is 0 Å². The van der Waals surface area contributed by atoms with E-state index in [0.717, 1.165) is 24.9 Å². The molecule has 3 rings (SSSR count). The van der Waals surface area contributed by atoms with E-state index in [1.165, 1.54) is 12.8 Å². The first kappa shape index (κ1) is 15.0. The second kappa shape index (κ2) is 5.71. The van der Waals surface area contributed by atoms with Crippen molar-refractivity contribution in [3.63, 3.8) is 0 Å². The van der Waals surface area contributed by atoms with Crippen molar-refractivity contribution in [1.29, 1.82) is 0 Å². The molecule has 0 radical (unpaired) electrons. The summed E-state index contributed by atoms with van der Waals surface area (Å²) in [5, 5.41) is 0. The number of likely N-dealkylation sites (tertiary alicyclic amines) is 1. The molecule has 5 heteroatoms. The lowest BCUT2D eigenvalue weighted by atomic mass is 9.88.